The molecule has 0 saturated heterocycles. The summed E-state index contributed by atoms with van der Waals surface area (Å²) >= 11 is 12.2. The molecule has 0 aliphatic carbocycles. The van der Waals surface area contributed by atoms with Gasteiger partial charge in [-0.05, 0) is 53.9 Å². The Labute approximate surface area is 201 Å². The lowest BCUT2D eigenvalue weighted by atomic mass is 9.96. The zero-order valence-corrected chi connectivity index (χ0v) is 19.7. The van der Waals surface area contributed by atoms with Crippen LogP contribution >= 0.6 is 23.2 Å². The zero-order chi connectivity index (χ0) is 23.1. The van der Waals surface area contributed by atoms with Crippen LogP contribution in [-0.2, 0) is 13.1 Å². The first-order valence-corrected chi connectivity index (χ1v) is 11.2. The molecule has 5 rings (SSSR count). The van der Waals surface area contributed by atoms with Crippen LogP contribution in [-0.4, -0.2) is 18.7 Å². The van der Waals surface area contributed by atoms with Gasteiger partial charge in [0.2, 0.25) is 0 Å². The average Bonchev–Trinajstić information content (AvgIpc) is 2.82. The van der Waals surface area contributed by atoms with Gasteiger partial charge in [0.25, 0.3) is 0 Å². The fourth-order valence-corrected chi connectivity index (χ4v) is 4.60. The third-order valence-corrected chi connectivity index (χ3v) is 6.61. The molecular formula is C26H21Cl2NO4. The number of methoxy groups -OCH3 is 1. The lowest BCUT2D eigenvalue weighted by Crippen LogP contribution is -2.32. The summed E-state index contributed by atoms with van der Waals surface area (Å²) in [6.45, 7) is 3.70. The molecule has 7 heteroatoms. The maximum atomic E-state index is 12.4. The van der Waals surface area contributed by atoms with Crippen LogP contribution in [0, 0.1) is 6.92 Å². The summed E-state index contributed by atoms with van der Waals surface area (Å²) in [5.41, 5.74) is 4.80. The molecule has 1 aromatic heterocycles. The second-order valence-corrected chi connectivity index (χ2v) is 8.90. The van der Waals surface area contributed by atoms with E-state index in [2.05, 4.69) is 11.0 Å². The number of hydrogen-bond donors (Lipinski definition) is 0. The van der Waals surface area contributed by atoms with Crippen LogP contribution in [0.1, 0.15) is 16.7 Å². The van der Waals surface area contributed by atoms with Crippen molar-refractivity contribution in [2.45, 2.75) is 20.0 Å². The Balaban J connectivity index is 1.55. The number of aryl methyl sites for hydroxylation is 1. The Morgan fingerprint density at radius 3 is 2.55 bits per heavy atom. The van der Waals surface area contributed by atoms with Crippen LogP contribution in [0.3, 0.4) is 0 Å². The van der Waals surface area contributed by atoms with Crippen LogP contribution in [0.15, 0.2) is 63.8 Å². The summed E-state index contributed by atoms with van der Waals surface area (Å²) in [7, 11) is 1.63. The molecule has 5 nitrogen and oxygen atoms in total. The summed E-state index contributed by atoms with van der Waals surface area (Å²) in [6.07, 6.45) is 0. The second-order valence-electron chi connectivity index (χ2n) is 8.08. The highest BCUT2D eigenvalue weighted by Gasteiger charge is 2.23. The third kappa shape index (κ3) is 4.20. The Kier molecular flexibility index (Phi) is 5.79. The summed E-state index contributed by atoms with van der Waals surface area (Å²) in [5.74, 6) is 1.52. The maximum Gasteiger partial charge on any atom is 0.336 e. The smallest absolute Gasteiger partial charge is 0.336 e. The molecular weight excluding hydrogens is 461 g/mol. The highest BCUT2D eigenvalue weighted by Crippen LogP contribution is 2.38. The number of hydrogen-bond acceptors (Lipinski definition) is 5. The standard InChI is InChI=1S/C26H21Cl2NO4/c1-15-25-18(13-29(14-32-25)12-16-3-8-22(27)23(28)9-16)10-21-20(11-24(30)33-26(15)21)17-4-6-19(31-2)7-5-17/h3-11H,12-14H2,1-2H3. The predicted molar refractivity (Wildman–Crippen MR) is 130 cm³/mol. The molecule has 33 heavy (non-hydrogen) atoms. The first-order chi connectivity index (χ1) is 15.9. The quantitative estimate of drug-likeness (QED) is 0.314. The molecule has 0 unspecified atom stereocenters. The molecule has 0 atom stereocenters. The molecule has 0 fully saturated rings. The van der Waals surface area contributed by atoms with E-state index in [1.54, 1.807) is 13.2 Å². The van der Waals surface area contributed by atoms with Gasteiger partial charge in [0.1, 0.15) is 23.8 Å². The molecule has 1 aliphatic heterocycles. The topological polar surface area (TPSA) is 51.9 Å². The SMILES string of the molecule is COc1ccc(-c2cc(=O)oc3c(C)c4c(cc23)CN(Cc2ccc(Cl)c(Cl)c2)CO4)cc1. The molecule has 2 heterocycles. The highest BCUT2D eigenvalue weighted by molar-refractivity contribution is 6.42. The van der Waals surface area contributed by atoms with Gasteiger partial charge in [-0.25, -0.2) is 4.79 Å². The predicted octanol–water partition coefficient (Wildman–Crippen LogP) is 6.44. The van der Waals surface area contributed by atoms with Gasteiger partial charge in [-0.2, -0.15) is 0 Å². The summed E-state index contributed by atoms with van der Waals surface area (Å²) in [4.78, 5) is 14.5. The van der Waals surface area contributed by atoms with Gasteiger partial charge < -0.3 is 13.9 Å². The van der Waals surface area contributed by atoms with Crippen LogP contribution in [0.5, 0.6) is 11.5 Å². The zero-order valence-electron chi connectivity index (χ0n) is 18.2. The Hall–Kier alpha value is -2.99. The number of halogens is 2. The van der Waals surface area contributed by atoms with Crippen LogP contribution < -0.4 is 15.1 Å². The van der Waals surface area contributed by atoms with E-state index in [1.165, 1.54) is 6.07 Å². The van der Waals surface area contributed by atoms with Crippen molar-refractivity contribution >= 4 is 34.2 Å². The minimum absolute atomic E-state index is 0.395. The molecule has 0 radical (unpaired) electrons. The maximum absolute atomic E-state index is 12.4. The Morgan fingerprint density at radius 2 is 1.82 bits per heavy atom. The largest absolute Gasteiger partial charge is 0.497 e. The summed E-state index contributed by atoms with van der Waals surface area (Å²) in [5, 5.41) is 1.94. The fourth-order valence-electron chi connectivity index (χ4n) is 4.28. The van der Waals surface area contributed by atoms with Crippen molar-refractivity contribution in [1.82, 2.24) is 4.90 Å². The molecule has 3 aromatic carbocycles. The second kappa shape index (κ2) is 8.75. The van der Waals surface area contributed by atoms with Crippen molar-refractivity contribution in [3.63, 3.8) is 0 Å². The third-order valence-electron chi connectivity index (χ3n) is 5.87. The van der Waals surface area contributed by atoms with Crippen molar-refractivity contribution in [2.24, 2.45) is 0 Å². The molecule has 4 aromatic rings. The summed E-state index contributed by atoms with van der Waals surface area (Å²) in [6, 6.07) is 16.9. The minimum Gasteiger partial charge on any atom is -0.497 e. The van der Waals surface area contributed by atoms with E-state index < -0.39 is 5.63 Å². The molecule has 0 bridgehead atoms. The van der Waals surface area contributed by atoms with Crippen molar-refractivity contribution in [3.05, 3.63) is 91.8 Å². The summed E-state index contributed by atoms with van der Waals surface area (Å²) < 4.78 is 17.0. The van der Waals surface area contributed by atoms with E-state index in [0.717, 1.165) is 44.7 Å². The van der Waals surface area contributed by atoms with E-state index >= 15 is 0 Å². The molecule has 0 amide bonds. The van der Waals surface area contributed by atoms with Crippen LogP contribution in [0.4, 0.5) is 0 Å². The minimum atomic E-state index is -0.395. The van der Waals surface area contributed by atoms with Gasteiger partial charge in [-0.3, -0.25) is 4.90 Å². The Morgan fingerprint density at radius 1 is 1.03 bits per heavy atom. The van der Waals surface area contributed by atoms with Crippen LogP contribution in [0.2, 0.25) is 10.0 Å². The van der Waals surface area contributed by atoms with E-state index in [9.17, 15) is 4.79 Å². The number of benzene rings is 3. The van der Waals surface area contributed by atoms with Gasteiger partial charge >= 0.3 is 5.63 Å². The fraction of sp³-hybridized carbons (Fsp3) is 0.192. The van der Waals surface area contributed by atoms with Crippen molar-refractivity contribution < 1.29 is 13.9 Å². The Bertz CT molecular complexity index is 1410. The number of rotatable bonds is 4. The molecule has 0 saturated carbocycles. The molecule has 168 valence electrons. The van der Waals surface area contributed by atoms with Gasteiger partial charge in [0, 0.05) is 35.7 Å². The van der Waals surface area contributed by atoms with Gasteiger partial charge in [-0.15, -0.1) is 0 Å². The van der Waals surface area contributed by atoms with E-state index in [0.29, 0.717) is 35.4 Å². The van der Waals surface area contributed by atoms with Gasteiger partial charge in [-0.1, -0.05) is 41.4 Å². The van der Waals surface area contributed by atoms with E-state index in [4.69, 9.17) is 37.1 Å². The van der Waals surface area contributed by atoms with Crippen molar-refractivity contribution in [2.75, 3.05) is 13.8 Å². The van der Waals surface area contributed by atoms with Gasteiger partial charge in [0.05, 0.1) is 17.2 Å². The lowest BCUT2D eigenvalue weighted by Gasteiger charge is -2.30. The average molecular weight is 482 g/mol. The normalized spacial score (nSPS) is 13.6. The first kappa shape index (κ1) is 21.8. The van der Waals surface area contributed by atoms with E-state index in [-0.39, 0.29) is 0 Å². The number of nitrogens with zero attached hydrogens (tertiary/aromatic N) is 1. The highest BCUT2D eigenvalue weighted by atomic mass is 35.5. The van der Waals surface area contributed by atoms with Crippen molar-refractivity contribution in [1.29, 1.82) is 0 Å². The van der Waals surface area contributed by atoms with Crippen LogP contribution in [0.25, 0.3) is 22.1 Å². The molecule has 1 aliphatic rings. The van der Waals surface area contributed by atoms with E-state index in [1.807, 2.05) is 43.3 Å². The lowest BCUT2D eigenvalue weighted by molar-refractivity contribution is 0.0881. The first-order valence-electron chi connectivity index (χ1n) is 10.5. The van der Waals surface area contributed by atoms with Gasteiger partial charge in [0.15, 0.2) is 0 Å². The number of ether oxygens (including phenoxy) is 2. The molecule has 0 N–H and O–H groups in total. The molecule has 0 spiro atoms. The number of fused-ring (bicyclic) bond motifs is 2. The van der Waals surface area contributed by atoms with Crippen molar-refractivity contribution in [3.8, 4) is 22.6 Å². The monoisotopic (exact) mass is 481 g/mol.